The Hall–Kier alpha value is -5.24. The summed E-state index contributed by atoms with van der Waals surface area (Å²) in [5.41, 5.74) is 5.38. The lowest BCUT2D eigenvalue weighted by Crippen LogP contribution is -2.35. The Morgan fingerprint density at radius 2 is 1.71 bits per heavy atom. The molecule has 0 aliphatic carbocycles. The van der Waals surface area contributed by atoms with Gasteiger partial charge in [-0.2, -0.15) is 0 Å². The number of H-pyrrole nitrogens is 1. The lowest BCUT2D eigenvalue weighted by Gasteiger charge is -2.18. The van der Waals surface area contributed by atoms with Gasteiger partial charge in [0.2, 0.25) is 0 Å². The minimum atomic E-state index is -0.802. The van der Waals surface area contributed by atoms with Gasteiger partial charge in [0.25, 0.3) is 11.8 Å². The minimum Gasteiger partial charge on any atom is -0.480 e. The molecule has 0 bridgehead atoms. The number of ether oxygens (including phenoxy) is 3. The van der Waals surface area contributed by atoms with E-state index >= 15 is 0 Å². The van der Waals surface area contributed by atoms with E-state index in [1.165, 1.54) is 19.1 Å². The van der Waals surface area contributed by atoms with Crippen LogP contribution in [0.4, 0.5) is 5.69 Å². The van der Waals surface area contributed by atoms with E-state index in [2.05, 4.69) is 40.9 Å². The number of hydrogen-bond acceptors (Lipinski definition) is 10. The van der Waals surface area contributed by atoms with Gasteiger partial charge in [0, 0.05) is 54.1 Å². The number of fused-ring (bicyclic) bond motifs is 1. The summed E-state index contributed by atoms with van der Waals surface area (Å²) in [6.07, 6.45) is 1.11. The summed E-state index contributed by atoms with van der Waals surface area (Å²) in [4.78, 5) is 81.7. The van der Waals surface area contributed by atoms with E-state index in [4.69, 9.17) is 37.4 Å². The fourth-order valence-electron chi connectivity index (χ4n) is 6.28. The van der Waals surface area contributed by atoms with Gasteiger partial charge in [-0.15, -0.1) is 0 Å². The second-order valence-electron chi connectivity index (χ2n) is 13.9. The monoisotopic (exact) mass is 836 g/mol. The third-order valence-electron chi connectivity index (χ3n) is 9.67. The molecule has 13 nitrogen and oxygen atoms in total. The van der Waals surface area contributed by atoms with Crippen LogP contribution in [0.2, 0.25) is 10.0 Å². The molecule has 1 atom stereocenters. The van der Waals surface area contributed by atoms with Crippen LogP contribution in [-0.2, 0) is 35.1 Å². The number of halogens is 2. The molecule has 1 unspecified atom stereocenters. The molecule has 0 spiro atoms. The first-order valence-corrected chi connectivity index (χ1v) is 19.9. The van der Waals surface area contributed by atoms with E-state index in [-0.39, 0.29) is 70.6 Å². The van der Waals surface area contributed by atoms with Crippen molar-refractivity contribution in [1.29, 1.82) is 0 Å². The average Bonchev–Trinajstić information content (AvgIpc) is 3.66. The number of rotatable bonds is 21. The maximum atomic E-state index is 13.1. The number of anilines is 1. The summed E-state index contributed by atoms with van der Waals surface area (Å²) in [5, 5.41) is 5.78. The van der Waals surface area contributed by atoms with E-state index in [0.717, 1.165) is 25.2 Å². The van der Waals surface area contributed by atoms with Crippen molar-refractivity contribution in [2.75, 3.05) is 44.7 Å². The van der Waals surface area contributed by atoms with Crippen LogP contribution in [0.3, 0.4) is 0 Å². The topological polar surface area (TPSA) is 173 Å². The van der Waals surface area contributed by atoms with Crippen LogP contribution >= 0.6 is 23.2 Å². The van der Waals surface area contributed by atoms with E-state index < -0.39 is 24.6 Å². The molecule has 3 aromatic rings. The summed E-state index contributed by atoms with van der Waals surface area (Å²) < 4.78 is 15.9. The van der Waals surface area contributed by atoms with Gasteiger partial charge in [-0.25, -0.2) is 4.79 Å². The lowest BCUT2D eigenvalue weighted by atomic mass is 9.98. The first kappa shape index (κ1) is 45.5. The summed E-state index contributed by atoms with van der Waals surface area (Å²) >= 11 is 12.5. The number of likely N-dealkylation sites (N-methyl/N-ethyl adjacent to an activating group) is 1. The SMILES string of the molecule is C=C(CC)C(=O)c1ccc(OCC(=O)OCC(C)OC(=O)CCC(=O)Cc2ccc3c(c2)/C(=C/c2[nH]c(C)c(C(=O)NCCN(CC)CC)c2C)C(=O)N3)c(Cl)c1Cl. The maximum Gasteiger partial charge on any atom is 0.344 e. The largest absolute Gasteiger partial charge is 0.480 e. The number of nitrogens with one attached hydrogen (secondary N) is 3. The van der Waals surface area contributed by atoms with Crippen LogP contribution < -0.4 is 15.4 Å². The van der Waals surface area contributed by atoms with Crippen LogP contribution in [0, 0.1) is 13.8 Å². The highest BCUT2D eigenvalue weighted by Crippen LogP contribution is 2.37. The second-order valence-corrected chi connectivity index (χ2v) is 14.6. The lowest BCUT2D eigenvalue weighted by molar-refractivity contribution is -0.159. The Labute approximate surface area is 348 Å². The second kappa shape index (κ2) is 21.0. The number of carbonyl (C=O) groups is 6. The molecule has 0 saturated carbocycles. The van der Waals surface area contributed by atoms with Crippen LogP contribution in [-0.4, -0.2) is 90.7 Å². The number of carbonyl (C=O) groups excluding carboxylic acids is 6. The van der Waals surface area contributed by atoms with Crippen molar-refractivity contribution in [3.63, 3.8) is 0 Å². The number of aryl methyl sites for hydroxylation is 1. The van der Waals surface area contributed by atoms with Gasteiger partial charge in [-0.1, -0.05) is 56.6 Å². The molecule has 2 heterocycles. The van der Waals surface area contributed by atoms with Crippen molar-refractivity contribution in [2.45, 2.75) is 73.3 Å². The van der Waals surface area contributed by atoms with Crippen molar-refractivity contribution in [3.8, 4) is 5.75 Å². The van der Waals surface area contributed by atoms with E-state index in [1.807, 2.05) is 13.8 Å². The highest BCUT2D eigenvalue weighted by atomic mass is 35.5. The van der Waals surface area contributed by atoms with Gasteiger partial charge in [-0.05, 0) is 87.3 Å². The molecular weight excluding hydrogens is 787 g/mol. The molecule has 58 heavy (non-hydrogen) atoms. The molecule has 0 saturated heterocycles. The molecule has 310 valence electrons. The average molecular weight is 838 g/mol. The number of Topliss-reactive ketones (excluding diaryl/α,β-unsaturated/α-hetero) is 2. The Kier molecular flexibility index (Phi) is 16.4. The molecule has 1 aliphatic heterocycles. The van der Waals surface area contributed by atoms with Crippen molar-refractivity contribution in [3.05, 3.63) is 91.7 Å². The fourth-order valence-corrected chi connectivity index (χ4v) is 6.74. The number of nitrogens with zero attached hydrogens (tertiary/aromatic N) is 1. The van der Waals surface area contributed by atoms with Gasteiger partial charge >= 0.3 is 11.9 Å². The van der Waals surface area contributed by atoms with Crippen molar-refractivity contribution < 1.29 is 43.0 Å². The predicted octanol–water partition coefficient (Wildman–Crippen LogP) is 7.10. The van der Waals surface area contributed by atoms with Crippen molar-refractivity contribution in [2.24, 2.45) is 0 Å². The van der Waals surface area contributed by atoms with Crippen LogP contribution in [0.25, 0.3) is 11.6 Å². The molecule has 2 amide bonds. The molecule has 3 N–H and O–H groups in total. The Balaban J connectivity index is 1.25. The number of aromatic amines is 1. The number of aromatic nitrogens is 1. The fraction of sp³-hybridized carbons (Fsp3) is 0.395. The summed E-state index contributed by atoms with van der Waals surface area (Å²) in [6, 6.07) is 8.10. The first-order valence-electron chi connectivity index (χ1n) is 19.1. The Morgan fingerprint density at radius 3 is 2.40 bits per heavy atom. The highest BCUT2D eigenvalue weighted by molar-refractivity contribution is 6.45. The number of hydrogen-bond donors (Lipinski definition) is 3. The van der Waals surface area contributed by atoms with E-state index in [0.29, 0.717) is 57.9 Å². The van der Waals surface area contributed by atoms with Crippen molar-refractivity contribution >= 4 is 75.9 Å². The van der Waals surface area contributed by atoms with E-state index in [1.54, 1.807) is 31.2 Å². The zero-order chi connectivity index (χ0) is 42.7. The van der Waals surface area contributed by atoms with Gasteiger partial charge in [0.05, 0.1) is 22.6 Å². The molecule has 2 aromatic carbocycles. The van der Waals surface area contributed by atoms with Gasteiger partial charge < -0.3 is 34.7 Å². The zero-order valence-electron chi connectivity index (χ0n) is 33.7. The van der Waals surface area contributed by atoms with Gasteiger partial charge in [0.15, 0.2) is 12.4 Å². The first-order chi connectivity index (χ1) is 27.6. The van der Waals surface area contributed by atoms with Crippen molar-refractivity contribution in [1.82, 2.24) is 15.2 Å². The minimum absolute atomic E-state index is 0.0216. The van der Waals surface area contributed by atoms with E-state index in [9.17, 15) is 28.8 Å². The quantitative estimate of drug-likeness (QED) is 0.0571. The third kappa shape index (κ3) is 11.7. The molecule has 15 heteroatoms. The van der Waals surface area contributed by atoms with Gasteiger partial charge in [0.1, 0.15) is 29.3 Å². The third-order valence-corrected chi connectivity index (χ3v) is 10.5. The molecule has 1 aromatic heterocycles. The maximum absolute atomic E-state index is 13.1. The number of amides is 2. The molecule has 0 radical (unpaired) electrons. The molecule has 0 fully saturated rings. The normalized spacial score (nSPS) is 13.2. The zero-order valence-corrected chi connectivity index (χ0v) is 35.2. The number of esters is 2. The standard InChI is InChI=1S/C43H50Cl2N4O9/c1-8-24(4)41(53)30-13-15-35(40(45)39(30)44)56-23-37(52)57-22-25(5)58-36(51)16-12-29(50)19-28-11-14-33-31(20-28)32(42(54)48-33)21-34-26(6)38(27(7)47-34)43(55)46-17-18-49(9-2)10-3/h11,13-15,20-21,25,47H,4,8-10,12,16-19,22-23H2,1-3,5-7H3,(H,46,55)(H,48,54)/b32-21-. The smallest absolute Gasteiger partial charge is 0.344 e. The molecular formula is C43H50Cl2N4O9. The van der Waals surface area contributed by atoms with Crippen LogP contribution in [0.1, 0.15) is 95.8 Å². The highest BCUT2D eigenvalue weighted by Gasteiger charge is 2.27. The predicted molar refractivity (Wildman–Crippen MR) is 224 cm³/mol. The number of benzene rings is 2. The summed E-state index contributed by atoms with van der Waals surface area (Å²) in [7, 11) is 0. The van der Waals surface area contributed by atoms with Crippen LogP contribution in [0.15, 0.2) is 42.5 Å². The Bertz CT molecular complexity index is 2120. The van der Waals surface area contributed by atoms with Crippen LogP contribution in [0.5, 0.6) is 5.75 Å². The molecule has 4 rings (SSSR count). The summed E-state index contributed by atoms with van der Waals surface area (Å²) in [5.74, 6) is -2.38. The van der Waals surface area contributed by atoms with Gasteiger partial charge in [-0.3, -0.25) is 24.0 Å². The number of allylic oxidation sites excluding steroid dienone is 1. The molecule has 1 aliphatic rings. The number of ketones is 2. The summed E-state index contributed by atoms with van der Waals surface area (Å²) in [6.45, 7) is 17.1. The Morgan fingerprint density at radius 1 is 0.983 bits per heavy atom.